The van der Waals surface area contributed by atoms with Gasteiger partial charge in [0.25, 0.3) is 0 Å². The first-order chi connectivity index (χ1) is 53.6. The van der Waals surface area contributed by atoms with Crippen molar-refractivity contribution in [3.8, 4) is 89.0 Å². The zero-order valence-corrected chi connectivity index (χ0v) is 66.1. The van der Waals surface area contributed by atoms with E-state index in [1.807, 2.05) is 0 Å². The SMILES string of the molecule is CC(C)(C)c1ccc(-c2ccc3c(c2)C2c4cc(-c5ccc(C(C)(C)C)cc5-c5ccccc5)ccc4N(c4c(-c5ccccc5)cc(C(C)(C)C)cc4-c4ccccc4)c4cc(C5c6ccccc6Cc6ccccc65)cc(c42)N3c2c(-c3ccccc3)cc(C(C)(C)C)cc2-c2ccccc2)c(-c2ccccc2)c1. The zero-order chi connectivity index (χ0) is 76.2. The molecule has 2 nitrogen and oxygen atoms in total. The molecule has 0 saturated carbocycles. The third-order valence-corrected chi connectivity index (χ3v) is 23.8. The highest BCUT2D eigenvalue weighted by molar-refractivity contribution is 6.08. The van der Waals surface area contributed by atoms with Crippen LogP contribution in [0.15, 0.2) is 340 Å². The lowest BCUT2D eigenvalue weighted by Crippen LogP contribution is -2.31. The van der Waals surface area contributed by atoms with Crippen molar-refractivity contribution in [1.82, 2.24) is 0 Å². The summed E-state index contributed by atoms with van der Waals surface area (Å²) in [5, 5.41) is 0. The molecule has 1 aliphatic carbocycles. The van der Waals surface area contributed by atoms with Crippen molar-refractivity contribution in [3.05, 3.63) is 406 Å². The van der Waals surface area contributed by atoms with Crippen LogP contribution < -0.4 is 9.80 Å². The molecule has 15 aromatic carbocycles. The van der Waals surface area contributed by atoms with Crippen LogP contribution in [-0.2, 0) is 28.1 Å². The predicted molar refractivity (Wildman–Crippen MR) is 472 cm³/mol. The maximum Gasteiger partial charge on any atom is 0.0618 e. The van der Waals surface area contributed by atoms with Crippen molar-refractivity contribution in [2.24, 2.45) is 0 Å². The Morgan fingerprint density at radius 2 is 0.505 bits per heavy atom. The van der Waals surface area contributed by atoms with Gasteiger partial charge < -0.3 is 9.80 Å². The zero-order valence-electron chi connectivity index (χ0n) is 66.1. The third-order valence-electron chi connectivity index (χ3n) is 23.8. The number of anilines is 6. The number of hydrogen-bond donors (Lipinski definition) is 0. The second kappa shape index (κ2) is 27.5. The van der Waals surface area contributed by atoms with E-state index in [0.29, 0.717) is 0 Å². The Morgan fingerprint density at radius 1 is 0.216 bits per heavy atom. The molecule has 0 atom stereocenters. The molecule has 0 aromatic heterocycles. The summed E-state index contributed by atoms with van der Waals surface area (Å²) >= 11 is 0. The highest BCUT2D eigenvalue weighted by Gasteiger charge is 2.46. The lowest BCUT2D eigenvalue weighted by atomic mass is 9.70. The summed E-state index contributed by atoms with van der Waals surface area (Å²) in [7, 11) is 0. The molecular weight excluding hydrogens is 1340 g/mol. The molecular formula is C109H96N2. The molecule has 0 N–H and O–H groups in total. The largest absolute Gasteiger partial charge is 0.309 e. The highest BCUT2D eigenvalue weighted by atomic mass is 15.2. The van der Waals surface area contributed by atoms with Gasteiger partial charge in [-0.3, -0.25) is 0 Å². The van der Waals surface area contributed by atoms with Gasteiger partial charge in [0, 0.05) is 39.7 Å². The van der Waals surface area contributed by atoms with Crippen LogP contribution in [0.1, 0.15) is 162 Å². The van der Waals surface area contributed by atoms with Crippen LogP contribution >= 0.6 is 0 Å². The summed E-state index contributed by atoms with van der Waals surface area (Å²) in [6.07, 6.45) is 0.865. The van der Waals surface area contributed by atoms with E-state index < -0.39 is 0 Å². The van der Waals surface area contributed by atoms with Gasteiger partial charge in [-0.15, -0.1) is 0 Å². The van der Waals surface area contributed by atoms with Crippen LogP contribution in [0.5, 0.6) is 0 Å². The van der Waals surface area contributed by atoms with E-state index in [9.17, 15) is 0 Å². The minimum absolute atomic E-state index is 0.0920. The molecule has 0 radical (unpaired) electrons. The van der Waals surface area contributed by atoms with Gasteiger partial charge in [-0.2, -0.15) is 0 Å². The second-order valence-corrected chi connectivity index (χ2v) is 35.2. The summed E-state index contributed by atoms with van der Waals surface area (Å²) in [5.74, 6) is -0.447. The van der Waals surface area contributed by atoms with Crippen molar-refractivity contribution in [1.29, 1.82) is 0 Å². The van der Waals surface area contributed by atoms with E-state index in [2.05, 4.69) is 433 Å². The standard InChI is InChI=1S/C109H96N2/c1-106(2,3)81-53-55-85(89(64-81)70-35-19-13-20-36-70)78-51-57-97-95(60-78)102-96-61-79(86-56-54-82(107(4,5)6)65-90(86)71-37-21-14-22-38-71)52-58-98(96)111(105-93(74-43-27-17-28-44-74)68-84(109(10,11)12)69-94(105)75-45-29-18-30-46-75)100-63-80(101-87-49-33-31-47-76(87)59-77-48-32-34-50-88(77)101)62-99(103(100)102)110(97)104-91(72-39-23-15-24-40-72)66-83(108(7,8)9)67-92(104)73-41-25-16-26-42-73/h13-58,60-69,101-102H,59H2,1-12H3. The van der Waals surface area contributed by atoms with E-state index in [1.165, 1.54) is 134 Å². The Morgan fingerprint density at radius 3 is 0.820 bits per heavy atom. The van der Waals surface area contributed by atoms with Gasteiger partial charge in [-0.25, -0.2) is 0 Å². The van der Waals surface area contributed by atoms with E-state index in [0.717, 1.165) is 62.8 Å². The minimum Gasteiger partial charge on any atom is -0.309 e. The quantitative estimate of drug-likeness (QED) is 0.127. The molecule has 542 valence electrons. The van der Waals surface area contributed by atoms with Crippen LogP contribution in [0.25, 0.3) is 89.0 Å². The molecule has 111 heavy (non-hydrogen) atoms. The Labute approximate surface area is 658 Å². The molecule has 0 saturated heterocycles. The van der Waals surface area contributed by atoms with Gasteiger partial charge in [0.05, 0.1) is 34.1 Å². The number of fused-ring (bicyclic) bond motifs is 6. The fourth-order valence-corrected chi connectivity index (χ4v) is 17.9. The van der Waals surface area contributed by atoms with Crippen molar-refractivity contribution in [2.45, 2.75) is 123 Å². The van der Waals surface area contributed by atoms with Gasteiger partial charge in [0.1, 0.15) is 0 Å². The van der Waals surface area contributed by atoms with E-state index >= 15 is 0 Å². The van der Waals surface area contributed by atoms with E-state index in [1.54, 1.807) is 0 Å². The smallest absolute Gasteiger partial charge is 0.0618 e. The first kappa shape index (κ1) is 70.6. The molecule has 18 rings (SSSR count). The third kappa shape index (κ3) is 12.7. The number of rotatable bonds is 11. The summed E-state index contributed by atoms with van der Waals surface area (Å²) in [4.78, 5) is 5.53. The number of hydrogen-bond acceptors (Lipinski definition) is 2. The molecule has 0 fully saturated rings. The van der Waals surface area contributed by atoms with Crippen LogP contribution in [0.4, 0.5) is 34.1 Å². The molecule has 3 aliphatic rings. The van der Waals surface area contributed by atoms with Crippen molar-refractivity contribution < 1.29 is 0 Å². The first-order valence-corrected chi connectivity index (χ1v) is 39.8. The van der Waals surface area contributed by atoms with E-state index in [-0.39, 0.29) is 33.5 Å². The molecule has 2 heteroatoms. The van der Waals surface area contributed by atoms with Gasteiger partial charge in [-0.05, 0) is 217 Å². The average molecular weight is 1430 g/mol. The minimum atomic E-state index is -0.321. The second-order valence-electron chi connectivity index (χ2n) is 35.2. The van der Waals surface area contributed by atoms with Gasteiger partial charge >= 0.3 is 0 Å². The maximum absolute atomic E-state index is 2.77. The summed E-state index contributed by atoms with van der Waals surface area (Å²) < 4.78 is 0. The molecule has 2 aliphatic heterocycles. The molecule has 2 heterocycles. The summed E-state index contributed by atoms with van der Waals surface area (Å²) in [5.41, 5.74) is 40.6. The monoisotopic (exact) mass is 1430 g/mol. The van der Waals surface area contributed by atoms with Gasteiger partial charge in [-0.1, -0.05) is 362 Å². The van der Waals surface area contributed by atoms with Crippen molar-refractivity contribution in [2.75, 3.05) is 9.80 Å². The van der Waals surface area contributed by atoms with Gasteiger partial charge in [0.2, 0.25) is 0 Å². The molecule has 0 bridgehead atoms. The predicted octanol–water partition coefficient (Wildman–Crippen LogP) is 30.0. The highest BCUT2D eigenvalue weighted by Crippen LogP contribution is 2.66. The molecule has 0 amide bonds. The maximum atomic E-state index is 2.77. The lowest BCUT2D eigenvalue weighted by molar-refractivity contribution is 0.590. The fourth-order valence-electron chi connectivity index (χ4n) is 17.9. The Hall–Kier alpha value is -12.1. The Balaban J connectivity index is 1.06. The van der Waals surface area contributed by atoms with Crippen LogP contribution in [-0.4, -0.2) is 0 Å². The lowest BCUT2D eigenvalue weighted by Gasteiger charge is -2.47. The normalized spacial score (nSPS) is 13.4. The summed E-state index contributed by atoms with van der Waals surface area (Å²) in [6, 6.07) is 131. The Kier molecular flexibility index (Phi) is 17.5. The van der Waals surface area contributed by atoms with Gasteiger partial charge in [0.15, 0.2) is 0 Å². The number of nitrogens with zero attached hydrogens (tertiary/aromatic N) is 2. The molecule has 0 spiro atoms. The average Bonchev–Trinajstić information content (AvgIpc) is 0.683. The molecule has 15 aromatic rings. The fraction of sp³-hybridized carbons (Fsp3) is 0.174. The topological polar surface area (TPSA) is 6.48 Å². The summed E-state index contributed by atoms with van der Waals surface area (Å²) in [6.45, 7) is 28.2. The van der Waals surface area contributed by atoms with Crippen LogP contribution in [0.3, 0.4) is 0 Å². The first-order valence-electron chi connectivity index (χ1n) is 39.8. The molecule has 0 unspecified atom stereocenters. The van der Waals surface area contributed by atoms with Crippen LogP contribution in [0.2, 0.25) is 0 Å². The number of benzene rings is 15. The van der Waals surface area contributed by atoms with E-state index in [4.69, 9.17) is 0 Å². The van der Waals surface area contributed by atoms with Crippen molar-refractivity contribution in [3.63, 3.8) is 0 Å². The van der Waals surface area contributed by atoms with Crippen LogP contribution in [0, 0.1) is 0 Å². The van der Waals surface area contributed by atoms with Crippen molar-refractivity contribution >= 4 is 34.1 Å². The Bertz CT molecular complexity index is 5570.